The van der Waals surface area contributed by atoms with Crippen LogP contribution in [0.1, 0.15) is 32.8 Å². The van der Waals surface area contributed by atoms with Crippen LogP contribution < -0.4 is 21.7 Å². The molecule has 7 N–H and O–H groups in total. The maximum Gasteiger partial charge on any atom is 0.325 e. The first-order valence-electron chi connectivity index (χ1n) is 11.1. The van der Waals surface area contributed by atoms with E-state index in [-0.39, 0.29) is 18.1 Å². The van der Waals surface area contributed by atoms with Crippen molar-refractivity contribution in [3.8, 4) is 0 Å². The van der Waals surface area contributed by atoms with Crippen LogP contribution in [0.3, 0.4) is 0 Å². The van der Waals surface area contributed by atoms with Crippen molar-refractivity contribution < 1.29 is 24.3 Å². The number of thiol groups is 1. The maximum absolute atomic E-state index is 13.2. The molecule has 0 spiro atoms. The number of nitrogens with two attached hydrogens (primary N) is 1. The number of carbonyl (C=O) groups is 4. The SMILES string of the molecule is CCC(C)C(N)C(=O)NC(Cc1c[nH]c2ccccc12)C(=O)NC(CS)C(=O)NC(C)C(=O)O. The number of carbonyl (C=O) groups excluding carboxylic acids is 3. The molecular formula is C23H33N5O5S. The van der Waals surface area contributed by atoms with Crippen LogP contribution in [0.15, 0.2) is 30.5 Å². The molecule has 5 atom stereocenters. The monoisotopic (exact) mass is 491 g/mol. The number of benzene rings is 1. The van der Waals surface area contributed by atoms with Gasteiger partial charge in [0.1, 0.15) is 18.1 Å². The summed E-state index contributed by atoms with van der Waals surface area (Å²) in [6, 6.07) is 3.50. The third-order valence-electron chi connectivity index (χ3n) is 5.84. The Morgan fingerprint density at radius 1 is 1.03 bits per heavy atom. The molecule has 0 aliphatic carbocycles. The maximum atomic E-state index is 13.2. The van der Waals surface area contributed by atoms with Gasteiger partial charge in [-0.2, -0.15) is 12.6 Å². The summed E-state index contributed by atoms with van der Waals surface area (Å²) in [5.74, 6) is -3.13. The van der Waals surface area contributed by atoms with Gasteiger partial charge in [0.2, 0.25) is 17.7 Å². The molecule has 11 heteroatoms. The van der Waals surface area contributed by atoms with E-state index in [1.807, 2.05) is 38.1 Å². The van der Waals surface area contributed by atoms with E-state index in [4.69, 9.17) is 10.8 Å². The number of fused-ring (bicyclic) bond motifs is 1. The number of carboxylic acid groups (broad SMARTS) is 1. The number of aliphatic carboxylic acids is 1. The van der Waals surface area contributed by atoms with E-state index in [0.717, 1.165) is 16.5 Å². The molecule has 0 saturated carbocycles. The van der Waals surface area contributed by atoms with E-state index in [0.29, 0.717) is 6.42 Å². The summed E-state index contributed by atoms with van der Waals surface area (Å²) in [6.45, 7) is 5.08. The van der Waals surface area contributed by atoms with Gasteiger partial charge in [-0.15, -0.1) is 0 Å². The number of H-pyrrole nitrogens is 1. The Morgan fingerprint density at radius 3 is 2.26 bits per heavy atom. The van der Waals surface area contributed by atoms with Gasteiger partial charge in [-0.05, 0) is 24.5 Å². The molecule has 1 aromatic carbocycles. The van der Waals surface area contributed by atoms with E-state index in [1.54, 1.807) is 6.20 Å². The molecule has 0 aliphatic heterocycles. The van der Waals surface area contributed by atoms with E-state index in [1.165, 1.54) is 6.92 Å². The average molecular weight is 492 g/mol. The molecule has 5 unspecified atom stereocenters. The predicted octanol–water partition coefficient (Wildman–Crippen LogP) is 0.573. The predicted molar refractivity (Wildman–Crippen MR) is 132 cm³/mol. The minimum Gasteiger partial charge on any atom is -0.480 e. The lowest BCUT2D eigenvalue weighted by molar-refractivity contribution is -0.141. The zero-order valence-corrected chi connectivity index (χ0v) is 20.4. The van der Waals surface area contributed by atoms with Gasteiger partial charge in [-0.3, -0.25) is 19.2 Å². The number of carboxylic acids is 1. The average Bonchev–Trinajstić information content (AvgIpc) is 3.23. The molecule has 0 radical (unpaired) electrons. The first kappa shape index (κ1) is 27.2. The summed E-state index contributed by atoms with van der Waals surface area (Å²) >= 11 is 4.12. The van der Waals surface area contributed by atoms with E-state index in [2.05, 4.69) is 33.6 Å². The van der Waals surface area contributed by atoms with Gasteiger partial charge in [0.05, 0.1) is 6.04 Å². The van der Waals surface area contributed by atoms with Crippen LogP contribution in [0.5, 0.6) is 0 Å². The molecule has 1 heterocycles. The Morgan fingerprint density at radius 2 is 1.65 bits per heavy atom. The van der Waals surface area contributed by atoms with Gasteiger partial charge >= 0.3 is 5.97 Å². The summed E-state index contributed by atoms with van der Waals surface area (Å²) in [4.78, 5) is 52.6. The van der Waals surface area contributed by atoms with Gasteiger partial charge in [0.25, 0.3) is 0 Å². The quantitative estimate of drug-likeness (QED) is 0.214. The van der Waals surface area contributed by atoms with E-state index >= 15 is 0 Å². The topological polar surface area (TPSA) is 166 Å². The van der Waals surface area contributed by atoms with Crippen molar-refractivity contribution >= 4 is 47.2 Å². The van der Waals surface area contributed by atoms with Crippen LogP contribution in [-0.4, -0.2) is 63.7 Å². The Labute approximate surface area is 203 Å². The fraction of sp³-hybridized carbons (Fsp3) is 0.478. The van der Waals surface area contributed by atoms with Gasteiger partial charge < -0.3 is 31.8 Å². The molecule has 0 bridgehead atoms. The largest absolute Gasteiger partial charge is 0.480 e. The highest BCUT2D eigenvalue weighted by Crippen LogP contribution is 2.19. The number of aromatic nitrogens is 1. The first-order valence-corrected chi connectivity index (χ1v) is 11.8. The lowest BCUT2D eigenvalue weighted by atomic mass is 9.98. The highest BCUT2D eigenvalue weighted by molar-refractivity contribution is 7.80. The molecule has 3 amide bonds. The first-order chi connectivity index (χ1) is 16.1. The number of rotatable bonds is 12. The highest BCUT2D eigenvalue weighted by Gasteiger charge is 2.30. The molecule has 0 fully saturated rings. The fourth-order valence-corrected chi connectivity index (χ4v) is 3.61. The second kappa shape index (κ2) is 12.4. The van der Waals surface area contributed by atoms with Crippen molar-refractivity contribution in [3.63, 3.8) is 0 Å². The second-order valence-corrected chi connectivity index (χ2v) is 8.71. The van der Waals surface area contributed by atoms with Crippen molar-refractivity contribution in [2.24, 2.45) is 11.7 Å². The molecule has 10 nitrogen and oxygen atoms in total. The summed E-state index contributed by atoms with van der Waals surface area (Å²) < 4.78 is 0. The molecule has 1 aromatic heterocycles. The minimum atomic E-state index is -1.21. The lowest BCUT2D eigenvalue weighted by Crippen LogP contribution is -2.58. The third-order valence-corrected chi connectivity index (χ3v) is 6.20. The number of aromatic amines is 1. The number of para-hydroxylation sites is 1. The molecule has 2 aromatic rings. The number of hydrogen-bond acceptors (Lipinski definition) is 6. The van der Waals surface area contributed by atoms with Gasteiger partial charge in [0, 0.05) is 29.3 Å². The Kier molecular flexibility index (Phi) is 9.94. The third kappa shape index (κ3) is 6.97. The minimum absolute atomic E-state index is 0.0654. The van der Waals surface area contributed by atoms with Crippen molar-refractivity contribution in [1.82, 2.24) is 20.9 Å². The number of hydrogen-bond donors (Lipinski definition) is 7. The van der Waals surface area contributed by atoms with E-state index < -0.39 is 47.9 Å². The zero-order valence-electron chi connectivity index (χ0n) is 19.5. The van der Waals surface area contributed by atoms with Crippen LogP contribution >= 0.6 is 12.6 Å². The Hall–Kier alpha value is -3.05. The van der Waals surface area contributed by atoms with Crippen molar-refractivity contribution in [1.29, 1.82) is 0 Å². The lowest BCUT2D eigenvalue weighted by Gasteiger charge is -2.25. The molecule has 2 rings (SSSR count). The second-order valence-electron chi connectivity index (χ2n) is 8.35. The zero-order chi connectivity index (χ0) is 25.4. The van der Waals surface area contributed by atoms with Crippen LogP contribution in [0.2, 0.25) is 0 Å². The highest BCUT2D eigenvalue weighted by atomic mass is 32.1. The van der Waals surface area contributed by atoms with Gasteiger partial charge in [0.15, 0.2) is 0 Å². The summed E-state index contributed by atoms with van der Waals surface area (Å²) in [5, 5.41) is 17.5. The van der Waals surface area contributed by atoms with E-state index in [9.17, 15) is 19.2 Å². The fourth-order valence-electron chi connectivity index (χ4n) is 3.35. The summed E-state index contributed by atoms with van der Waals surface area (Å²) in [7, 11) is 0. The van der Waals surface area contributed by atoms with Crippen molar-refractivity contribution in [2.75, 3.05) is 5.75 Å². The Balaban J connectivity index is 2.24. The molecular weight excluding hydrogens is 458 g/mol. The molecule has 0 saturated heterocycles. The summed E-state index contributed by atoms with van der Waals surface area (Å²) in [6.07, 6.45) is 2.61. The number of amides is 3. The smallest absolute Gasteiger partial charge is 0.325 e. The molecule has 186 valence electrons. The van der Waals surface area contributed by atoms with Crippen LogP contribution in [0.4, 0.5) is 0 Å². The standard InChI is InChI=1S/C23H33N5O5S/c1-4-12(2)19(24)22(31)27-17(9-14-10-25-16-8-6-5-7-15(14)16)20(29)28-18(11-34)21(30)26-13(3)23(32)33/h5-8,10,12-13,17-19,25,34H,4,9,11,24H2,1-3H3,(H,26,30)(H,27,31)(H,28,29)(H,32,33). The van der Waals surface area contributed by atoms with Crippen molar-refractivity contribution in [2.45, 2.75) is 57.8 Å². The normalized spacial score (nSPS) is 15.6. The molecule has 0 aliphatic rings. The van der Waals surface area contributed by atoms with Crippen molar-refractivity contribution in [3.05, 3.63) is 36.0 Å². The Bertz CT molecular complexity index is 1030. The number of nitrogens with one attached hydrogen (secondary N) is 4. The van der Waals surface area contributed by atoms with Crippen LogP contribution in [0, 0.1) is 5.92 Å². The molecule has 34 heavy (non-hydrogen) atoms. The van der Waals surface area contributed by atoms with Crippen LogP contribution in [0.25, 0.3) is 10.9 Å². The summed E-state index contributed by atoms with van der Waals surface area (Å²) in [5.41, 5.74) is 7.75. The van der Waals surface area contributed by atoms with Gasteiger partial charge in [-0.1, -0.05) is 38.5 Å². The van der Waals surface area contributed by atoms with Crippen LogP contribution in [-0.2, 0) is 25.6 Å². The van der Waals surface area contributed by atoms with Gasteiger partial charge in [-0.25, -0.2) is 0 Å².